The minimum Gasteiger partial charge on any atom is -0.384 e. The Morgan fingerprint density at radius 2 is 2.00 bits per heavy atom. The number of ether oxygens (including phenoxy) is 1. The van der Waals surface area contributed by atoms with Gasteiger partial charge in [-0.05, 0) is 34.0 Å². The molecule has 0 atom stereocenters. The maximum Gasteiger partial charge on any atom is 0.158 e. The van der Waals surface area contributed by atoms with Crippen LogP contribution < -0.4 is 10.6 Å². The van der Waals surface area contributed by atoms with E-state index in [4.69, 9.17) is 10.5 Å². The van der Waals surface area contributed by atoms with Crippen LogP contribution in [0.5, 0.6) is 0 Å². The maximum absolute atomic E-state index is 5.82. The topological polar surface area (TPSA) is 67.5 Å². The predicted molar refractivity (Wildman–Crippen MR) is 78.2 cm³/mol. The Balaban J connectivity index is 2.73. The van der Waals surface area contributed by atoms with Crippen molar-refractivity contribution in [2.24, 2.45) is 0 Å². The second kappa shape index (κ2) is 7.91. The van der Waals surface area contributed by atoms with Crippen molar-refractivity contribution in [2.75, 3.05) is 51.5 Å². The summed E-state index contributed by atoms with van der Waals surface area (Å²) < 4.78 is 5.06. The first-order valence-corrected chi connectivity index (χ1v) is 6.58. The van der Waals surface area contributed by atoms with Crippen LogP contribution >= 0.6 is 0 Å². The van der Waals surface area contributed by atoms with Crippen molar-refractivity contribution >= 4 is 11.6 Å². The summed E-state index contributed by atoms with van der Waals surface area (Å²) in [4.78, 5) is 13.0. The summed E-state index contributed by atoms with van der Waals surface area (Å²) in [6.07, 6.45) is 1.09. The van der Waals surface area contributed by atoms with Crippen molar-refractivity contribution in [3.05, 3.63) is 11.9 Å². The fraction of sp³-hybridized carbons (Fsp3) is 0.692. The molecule has 1 heterocycles. The van der Waals surface area contributed by atoms with E-state index in [1.807, 2.05) is 6.07 Å². The van der Waals surface area contributed by atoms with E-state index in [2.05, 4.69) is 40.8 Å². The molecular weight excluding hydrogens is 242 g/mol. The van der Waals surface area contributed by atoms with Crippen LogP contribution in [-0.4, -0.2) is 55.7 Å². The Kier molecular flexibility index (Phi) is 6.52. The third-order valence-corrected chi connectivity index (χ3v) is 2.79. The number of aromatic nitrogens is 2. The number of methoxy groups -OCH3 is 1. The van der Waals surface area contributed by atoms with Gasteiger partial charge < -0.3 is 20.3 Å². The van der Waals surface area contributed by atoms with Crippen molar-refractivity contribution in [3.63, 3.8) is 0 Å². The van der Waals surface area contributed by atoms with Crippen molar-refractivity contribution in [3.8, 4) is 0 Å². The van der Waals surface area contributed by atoms with Crippen LogP contribution in [-0.2, 0) is 11.3 Å². The van der Waals surface area contributed by atoms with Gasteiger partial charge in [0.05, 0.1) is 0 Å². The molecule has 0 aromatic carbocycles. The summed E-state index contributed by atoms with van der Waals surface area (Å²) in [5, 5.41) is 0. The fourth-order valence-corrected chi connectivity index (χ4v) is 1.87. The Hall–Kier alpha value is -1.40. The summed E-state index contributed by atoms with van der Waals surface area (Å²) in [5.41, 5.74) is 5.82. The highest BCUT2D eigenvalue weighted by molar-refractivity contribution is 5.46. The van der Waals surface area contributed by atoms with E-state index < -0.39 is 0 Å². The smallest absolute Gasteiger partial charge is 0.158 e. The van der Waals surface area contributed by atoms with Crippen molar-refractivity contribution in [1.29, 1.82) is 0 Å². The van der Waals surface area contributed by atoms with E-state index in [0.29, 0.717) is 18.2 Å². The van der Waals surface area contributed by atoms with Gasteiger partial charge in [0.25, 0.3) is 0 Å². The normalized spacial score (nSPS) is 11.0. The molecular formula is C13H25N5O. The lowest BCUT2D eigenvalue weighted by molar-refractivity contribution is 0.178. The van der Waals surface area contributed by atoms with Gasteiger partial charge in [-0.25, -0.2) is 9.97 Å². The molecule has 0 unspecified atom stereocenters. The van der Waals surface area contributed by atoms with Crippen molar-refractivity contribution in [1.82, 2.24) is 14.9 Å². The number of nitrogens with two attached hydrogens (primary N) is 1. The largest absolute Gasteiger partial charge is 0.384 e. The zero-order valence-corrected chi connectivity index (χ0v) is 12.4. The quantitative estimate of drug-likeness (QED) is 0.757. The van der Waals surface area contributed by atoms with E-state index in [1.165, 1.54) is 0 Å². The molecule has 1 aromatic heterocycles. The number of rotatable bonds is 8. The molecule has 0 bridgehead atoms. The van der Waals surface area contributed by atoms with E-state index in [0.717, 1.165) is 31.9 Å². The van der Waals surface area contributed by atoms with E-state index in [-0.39, 0.29) is 0 Å². The number of hydrogen-bond donors (Lipinski definition) is 1. The van der Waals surface area contributed by atoms with Gasteiger partial charge in [-0.2, -0.15) is 0 Å². The van der Waals surface area contributed by atoms with Gasteiger partial charge in [-0.1, -0.05) is 0 Å². The van der Waals surface area contributed by atoms with Crippen molar-refractivity contribution < 1.29 is 4.74 Å². The van der Waals surface area contributed by atoms with E-state index >= 15 is 0 Å². The number of hydrogen-bond acceptors (Lipinski definition) is 6. The Morgan fingerprint density at radius 1 is 1.26 bits per heavy atom. The monoisotopic (exact) mass is 267 g/mol. The summed E-state index contributed by atoms with van der Waals surface area (Å²) in [7, 11) is 5.78. The zero-order valence-electron chi connectivity index (χ0n) is 12.4. The Labute approximate surface area is 115 Å². The highest BCUT2D eigenvalue weighted by Gasteiger charge is 2.09. The Bertz CT molecular complexity index is 383. The number of nitrogen functional groups attached to an aromatic ring is 1. The van der Waals surface area contributed by atoms with Gasteiger partial charge in [0.2, 0.25) is 0 Å². The minimum atomic E-state index is 0.382. The molecule has 0 spiro atoms. The SMILES string of the molecule is CCN(CCCN(C)C)c1cc(N)nc(COC)n1. The van der Waals surface area contributed by atoms with Crippen LogP contribution in [0.4, 0.5) is 11.6 Å². The van der Waals surface area contributed by atoms with Crippen LogP contribution in [0, 0.1) is 0 Å². The minimum absolute atomic E-state index is 0.382. The summed E-state index contributed by atoms with van der Waals surface area (Å²) in [6.45, 7) is 5.41. The molecule has 6 nitrogen and oxygen atoms in total. The average molecular weight is 267 g/mol. The van der Waals surface area contributed by atoms with Crippen LogP contribution in [0.3, 0.4) is 0 Å². The number of anilines is 2. The molecule has 108 valence electrons. The van der Waals surface area contributed by atoms with Gasteiger partial charge in [0.1, 0.15) is 18.2 Å². The lowest BCUT2D eigenvalue weighted by Gasteiger charge is -2.23. The molecule has 0 saturated heterocycles. The fourth-order valence-electron chi connectivity index (χ4n) is 1.87. The van der Waals surface area contributed by atoms with Gasteiger partial charge in [0, 0.05) is 26.3 Å². The third-order valence-electron chi connectivity index (χ3n) is 2.79. The summed E-state index contributed by atoms with van der Waals surface area (Å²) in [5.74, 6) is 1.99. The van der Waals surface area contributed by atoms with Gasteiger partial charge >= 0.3 is 0 Å². The second-order valence-electron chi connectivity index (χ2n) is 4.74. The maximum atomic E-state index is 5.82. The molecule has 0 aliphatic rings. The molecule has 1 aromatic rings. The molecule has 6 heteroatoms. The molecule has 1 rings (SSSR count). The Morgan fingerprint density at radius 3 is 2.58 bits per heavy atom. The van der Waals surface area contributed by atoms with Crippen molar-refractivity contribution in [2.45, 2.75) is 20.0 Å². The first kappa shape index (κ1) is 15.7. The van der Waals surface area contributed by atoms with Gasteiger partial charge in [-0.15, -0.1) is 0 Å². The molecule has 2 N–H and O–H groups in total. The zero-order chi connectivity index (χ0) is 14.3. The number of nitrogens with zero attached hydrogens (tertiary/aromatic N) is 4. The molecule has 0 radical (unpaired) electrons. The highest BCUT2D eigenvalue weighted by atomic mass is 16.5. The molecule has 0 aliphatic heterocycles. The van der Waals surface area contributed by atoms with Crippen LogP contribution in [0.2, 0.25) is 0 Å². The molecule has 0 amide bonds. The average Bonchev–Trinajstić information content (AvgIpc) is 2.34. The predicted octanol–water partition coefficient (Wildman–Crippen LogP) is 0.983. The van der Waals surface area contributed by atoms with Gasteiger partial charge in [0.15, 0.2) is 5.82 Å². The second-order valence-corrected chi connectivity index (χ2v) is 4.74. The molecule has 0 aliphatic carbocycles. The summed E-state index contributed by atoms with van der Waals surface area (Å²) in [6, 6.07) is 1.82. The first-order chi connectivity index (χ1) is 9.06. The third kappa shape index (κ3) is 5.40. The van der Waals surface area contributed by atoms with Crippen LogP contribution in [0.25, 0.3) is 0 Å². The van der Waals surface area contributed by atoms with E-state index in [9.17, 15) is 0 Å². The highest BCUT2D eigenvalue weighted by Crippen LogP contribution is 2.14. The van der Waals surface area contributed by atoms with Crippen LogP contribution in [0.15, 0.2) is 6.07 Å². The lowest BCUT2D eigenvalue weighted by Crippen LogP contribution is -2.28. The van der Waals surface area contributed by atoms with Gasteiger partial charge in [-0.3, -0.25) is 0 Å². The first-order valence-electron chi connectivity index (χ1n) is 6.58. The molecule has 0 fully saturated rings. The summed E-state index contributed by atoms with van der Waals surface area (Å²) >= 11 is 0. The molecule has 0 saturated carbocycles. The lowest BCUT2D eigenvalue weighted by atomic mass is 10.3. The molecule has 19 heavy (non-hydrogen) atoms. The van der Waals surface area contributed by atoms with Crippen LogP contribution in [0.1, 0.15) is 19.2 Å². The van der Waals surface area contributed by atoms with E-state index in [1.54, 1.807) is 7.11 Å². The standard InChI is InChI=1S/C13H25N5O/c1-5-18(8-6-7-17(2)3)13-9-11(14)15-12(16-13)10-19-4/h9H,5-8,10H2,1-4H3,(H2,14,15,16).